The molecule has 10 heteroatoms. The Kier molecular flexibility index (Phi) is 7.41. The van der Waals surface area contributed by atoms with E-state index in [4.69, 9.17) is 11.6 Å². The molecule has 0 aliphatic carbocycles. The maximum atomic E-state index is 13.2. The van der Waals surface area contributed by atoms with Gasteiger partial charge >= 0.3 is 17.8 Å². The van der Waals surface area contributed by atoms with Crippen LogP contribution < -0.4 is 16.0 Å². The first-order valence-electron chi connectivity index (χ1n) is 9.67. The second kappa shape index (κ2) is 10.2. The normalized spacial score (nSPS) is 14.1. The first kappa shape index (κ1) is 22.5. The number of hydrogen-bond acceptors (Lipinski definition) is 3. The van der Waals surface area contributed by atoms with Crippen molar-refractivity contribution in [1.82, 2.24) is 10.2 Å². The van der Waals surface area contributed by atoms with Crippen molar-refractivity contribution in [2.75, 3.05) is 30.3 Å². The van der Waals surface area contributed by atoms with Gasteiger partial charge in [0.15, 0.2) is 0 Å². The van der Waals surface area contributed by atoms with Gasteiger partial charge in [-0.25, -0.2) is 13.6 Å². The quantitative estimate of drug-likeness (QED) is 0.621. The van der Waals surface area contributed by atoms with Gasteiger partial charge in [0.1, 0.15) is 11.6 Å². The summed E-state index contributed by atoms with van der Waals surface area (Å²) < 4.78 is 26.1. The van der Waals surface area contributed by atoms with Gasteiger partial charge in [-0.3, -0.25) is 9.59 Å². The van der Waals surface area contributed by atoms with Crippen molar-refractivity contribution >= 4 is 40.8 Å². The van der Waals surface area contributed by atoms with Crippen LogP contribution in [0.3, 0.4) is 0 Å². The number of rotatable bonds is 4. The van der Waals surface area contributed by atoms with Crippen molar-refractivity contribution in [3.8, 4) is 0 Å². The molecular formula is C21H21ClF2N4O3. The third-order valence-electron chi connectivity index (χ3n) is 4.93. The molecule has 2 aromatic rings. The van der Waals surface area contributed by atoms with E-state index in [1.165, 1.54) is 36.4 Å². The highest BCUT2D eigenvalue weighted by atomic mass is 35.5. The monoisotopic (exact) mass is 450 g/mol. The Morgan fingerprint density at radius 1 is 0.935 bits per heavy atom. The number of anilines is 2. The van der Waals surface area contributed by atoms with E-state index in [2.05, 4.69) is 16.0 Å². The van der Waals surface area contributed by atoms with Gasteiger partial charge in [0.05, 0.1) is 5.02 Å². The molecule has 0 bridgehead atoms. The maximum absolute atomic E-state index is 13.2. The summed E-state index contributed by atoms with van der Waals surface area (Å²) in [7, 11) is 0. The summed E-state index contributed by atoms with van der Waals surface area (Å²) in [5.74, 6) is -2.57. The molecule has 0 radical (unpaired) electrons. The smallest absolute Gasteiger partial charge is 0.321 e. The molecule has 164 valence electrons. The van der Waals surface area contributed by atoms with Gasteiger partial charge in [0, 0.05) is 31.0 Å². The van der Waals surface area contributed by atoms with Crippen LogP contribution in [0.25, 0.3) is 0 Å². The fourth-order valence-corrected chi connectivity index (χ4v) is 3.34. The Morgan fingerprint density at radius 2 is 1.58 bits per heavy atom. The molecular weight excluding hydrogens is 430 g/mol. The number of carbonyl (C=O) groups is 3. The largest absolute Gasteiger partial charge is 0.348 e. The zero-order valence-corrected chi connectivity index (χ0v) is 17.2. The lowest BCUT2D eigenvalue weighted by atomic mass is 9.97. The molecule has 1 aliphatic rings. The minimum Gasteiger partial charge on any atom is -0.348 e. The SMILES string of the molecule is O=C(NCC1CCN(C(=O)Nc2ccc(F)cc2)CC1)C(=O)Nc1ccc(F)c(Cl)c1. The summed E-state index contributed by atoms with van der Waals surface area (Å²) in [4.78, 5) is 37.9. The summed E-state index contributed by atoms with van der Waals surface area (Å²) in [5.41, 5.74) is 0.723. The van der Waals surface area contributed by atoms with Crippen LogP contribution in [0, 0.1) is 17.6 Å². The number of benzene rings is 2. The molecule has 2 aromatic carbocycles. The fourth-order valence-electron chi connectivity index (χ4n) is 3.15. The molecule has 1 heterocycles. The molecule has 0 aromatic heterocycles. The zero-order chi connectivity index (χ0) is 22.4. The number of nitrogens with one attached hydrogen (secondary N) is 3. The highest BCUT2D eigenvalue weighted by Crippen LogP contribution is 2.20. The second-order valence-corrected chi connectivity index (χ2v) is 7.57. The number of halogens is 3. The van der Waals surface area contributed by atoms with Crippen molar-refractivity contribution in [1.29, 1.82) is 0 Å². The average molecular weight is 451 g/mol. The van der Waals surface area contributed by atoms with E-state index in [0.29, 0.717) is 38.2 Å². The minimum atomic E-state index is -0.876. The second-order valence-electron chi connectivity index (χ2n) is 7.16. The summed E-state index contributed by atoms with van der Waals surface area (Å²) in [6.45, 7) is 1.28. The van der Waals surface area contributed by atoms with Crippen LogP contribution in [0.1, 0.15) is 12.8 Å². The Hall–Kier alpha value is -3.20. The first-order valence-corrected chi connectivity index (χ1v) is 10.1. The highest BCUT2D eigenvalue weighted by molar-refractivity contribution is 6.39. The third kappa shape index (κ3) is 6.39. The van der Waals surface area contributed by atoms with Gasteiger partial charge in [0.2, 0.25) is 0 Å². The number of nitrogens with zero attached hydrogens (tertiary/aromatic N) is 1. The zero-order valence-electron chi connectivity index (χ0n) is 16.5. The molecule has 4 amide bonds. The summed E-state index contributed by atoms with van der Waals surface area (Å²) in [6, 6.07) is 8.85. The van der Waals surface area contributed by atoms with E-state index in [0.717, 1.165) is 6.07 Å². The molecule has 0 saturated carbocycles. The molecule has 0 spiro atoms. The maximum Gasteiger partial charge on any atom is 0.321 e. The Bertz CT molecular complexity index is 964. The molecule has 1 fully saturated rings. The highest BCUT2D eigenvalue weighted by Gasteiger charge is 2.24. The van der Waals surface area contributed by atoms with E-state index in [-0.39, 0.29) is 28.5 Å². The van der Waals surface area contributed by atoms with Crippen molar-refractivity contribution in [2.24, 2.45) is 5.92 Å². The Labute approximate surface area is 182 Å². The predicted molar refractivity (Wildman–Crippen MR) is 113 cm³/mol. The standard InChI is InChI=1S/C21H21ClF2N4O3/c22-17-11-16(5-6-18(17)24)26-20(30)19(29)25-12-13-7-9-28(10-8-13)21(31)27-15-3-1-14(23)2-4-15/h1-6,11,13H,7-10,12H2,(H,25,29)(H,26,30)(H,27,31). The van der Waals surface area contributed by atoms with Gasteiger partial charge in [-0.2, -0.15) is 0 Å². The van der Waals surface area contributed by atoms with Gasteiger partial charge in [0.25, 0.3) is 0 Å². The van der Waals surface area contributed by atoms with Crippen LogP contribution in [0.2, 0.25) is 5.02 Å². The first-order chi connectivity index (χ1) is 14.8. The van der Waals surface area contributed by atoms with Crippen LogP contribution >= 0.6 is 11.6 Å². The summed E-state index contributed by atoms with van der Waals surface area (Å²) in [5, 5.41) is 7.49. The van der Waals surface area contributed by atoms with Crippen molar-refractivity contribution in [3.05, 3.63) is 59.1 Å². The van der Waals surface area contributed by atoms with E-state index >= 15 is 0 Å². The molecule has 3 rings (SSSR count). The van der Waals surface area contributed by atoms with Crippen LogP contribution in [0.5, 0.6) is 0 Å². The van der Waals surface area contributed by atoms with E-state index in [1.54, 1.807) is 4.90 Å². The molecule has 1 saturated heterocycles. The van der Waals surface area contributed by atoms with E-state index < -0.39 is 17.6 Å². The number of urea groups is 1. The lowest BCUT2D eigenvalue weighted by molar-refractivity contribution is -0.136. The van der Waals surface area contributed by atoms with Gasteiger partial charge in [-0.15, -0.1) is 0 Å². The summed E-state index contributed by atoms with van der Waals surface area (Å²) >= 11 is 5.65. The lowest BCUT2D eigenvalue weighted by Gasteiger charge is -2.32. The fraction of sp³-hybridized carbons (Fsp3) is 0.286. The van der Waals surface area contributed by atoms with Crippen LogP contribution in [0.15, 0.2) is 42.5 Å². The number of amides is 4. The van der Waals surface area contributed by atoms with Gasteiger partial charge < -0.3 is 20.9 Å². The number of piperidine rings is 1. The van der Waals surface area contributed by atoms with Crippen LogP contribution in [-0.4, -0.2) is 42.4 Å². The van der Waals surface area contributed by atoms with Crippen LogP contribution in [-0.2, 0) is 9.59 Å². The van der Waals surface area contributed by atoms with Crippen LogP contribution in [0.4, 0.5) is 25.0 Å². The summed E-state index contributed by atoms with van der Waals surface area (Å²) in [6.07, 6.45) is 1.32. The number of likely N-dealkylation sites (tertiary alicyclic amines) is 1. The molecule has 1 aliphatic heterocycles. The number of carbonyl (C=O) groups excluding carboxylic acids is 3. The van der Waals surface area contributed by atoms with Gasteiger partial charge in [-0.1, -0.05) is 11.6 Å². The lowest BCUT2D eigenvalue weighted by Crippen LogP contribution is -2.44. The van der Waals surface area contributed by atoms with Crippen molar-refractivity contribution in [2.45, 2.75) is 12.8 Å². The van der Waals surface area contributed by atoms with Crippen molar-refractivity contribution < 1.29 is 23.2 Å². The van der Waals surface area contributed by atoms with E-state index in [9.17, 15) is 23.2 Å². The average Bonchev–Trinajstić information content (AvgIpc) is 2.76. The molecule has 7 nitrogen and oxygen atoms in total. The topological polar surface area (TPSA) is 90.5 Å². The minimum absolute atomic E-state index is 0.117. The molecule has 0 atom stereocenters. The molecule has 31 heavy (non-hydrogen) atoms. The third-order valence-corrected chi connectivity index (χ3v) is 5.22. The molecule has 0 unspecified atom stereocenters. The van der Waals surface area contributed by atoms with Gasteiger partial charge in [-0.05, 0) is 61.2 Å². The Balaban J connectivity index is 1.39. The number of hydrogen-bond donors (Lipinski definition) is 3. The van der Waals surface area contributed by atoms with Crippen molar-refractivity contribution in [3.63, 3.8) is 0 Å². The molecule has 3 N–H and O–H groups in total. The Morgan fingerprint density at radius 3 is 2.23 bits per heavy atom. The predicted octanol–water partition coefficient (Wildman–Crippen LogP) is 3.62. The van der Waals surface area contributed by atoms with E-state index in [1.807, 2.05) is 0 Å².